The molecule has 26 heavy (non-hydrogen) atoms. The van der Waals surface area contributed by atoms with Crippen LogP contribution in [0.5, 0.6) is 0 Å². The van der Waals surface area contributed by atoms with E-state index < -0.39 is 0 Å². The van der Waals surface area contributed by atoms with Crippen molar-refractivity contribution in [2.24, 2.45) is 10.9 Å². The Labute approximate surface area is 179 Å². The van der Waals surface area contributed by atoms with E-state index in [1.165, 1.54) is 32.5 Å². The Hall–Kier alpha value is -0.610. The van der Waals surface area contributed by atoms with Crippen LogP contribution >= 0.6 is 35.3 Å². The number of hydrogen-bond acceptors (Lipinski definition) is 5. The van der Waals surface area contributed by atoms with Crippen LogP contribution in [0.2, 0.25) is 0 Å². The van der Waals surface area contributed by atoms with Crippen LogP contribution in [0.3, 0.4) is 0 Å². The molecule has 0 bridgehead atoms. The second kappa shape index (κ2) is 12.0. The summed E-state index contributed by atoms with van der Waals surface area (Å²) < 4.78 is 0. The molecule has 2 rings (SSSR count). The largest absolute Gasteiger partial charge is 0.357 e. The Morgan fingerprint density at radius 1 is 1.38 bits per heavy atom. The van der Waals surface area contributed by atoms with Gasteiger partial charge in [-0.25, -0.2) is 9.98 Å². The number of likely N-dealkylation sites (tertiary alicyclic amines) is 1. The first-order valence-electron chi connectivity index (χ1n) is 9.36. The van der Waals surface area contributed by atoms with E-state index in [9.17, 15) is 0 Å². The highest BCUT2D eigenvalue weighted by Gasteiger charge is 2.20. The molecule has 6 nitrogen and oxygen atoms in total. The highest BCUT2D eigenvalue weighted by atomic mass is 127. The fourth-order valence-electron chi connectivity index (χ4n) is 3.02. The molecule has 1 fully saturated rings. The van der Waals surface area contributed by atoms with Crippen molar-refractivity contribution >= 4 is 46.4 Å². The number of anilines is 1. The number of aliphatic imine (C=N–C) groups is 1. The van der Waals surface area contributed by atoms with Crippen LogP contribution in [0.15, 0.2) is 10.4 Å². The number of rotatable bonds is 7. The zero-order valence-corrected chi connectivity index (χ0v) is 19.9. The summed E-state index contributed by atoms with van der Waals surface area (Å²) in [5, 5.41) is 10.1. The van der Waals surface area contributed by atoms with Crippen molar-refractivity contribution < 1.29 is 0 Å². The lowest BCUT2D eigenvalue weighted by Gasteiger charge is -2.34. The van der Waals surface area contributed by atoms with Crippen molar-refractivity contribution in [3.05, 3.63) is 11.1 Å². The van der Waals surface area contributed by atoms with E-state index >= 15 is 0 Å². The number of thiazole rings is 1. The Bertz CT molecular complexity index is 538. The minimum atomic E-state index is 0. The SMILES string of the molecule is CCNC(=NCc1csc(N(C)C)n1)NC1CCN(CC(C)C)CC1.I. The van der Waals surface area contributed by atoms with E-state index in [-0.39, 0.29) is 24.0 Å². The van der Waals surface area contributed by atoms with Gasteiger partial charge in [0, 0.05) is 51.7 Å². The molecule has 0 unspecified atom stereocenters. The van der Waals surface area contributed by atoms with Crippen LogP contribution < -0.4 is 15.5 Å². The highest BCUT2D eigenvalue weighted by molar-refractivity contribution is 14.0. The van der Waals surface area contributed by atoms with Crippen LogP contribution in [0.25, 0.3) is 0 Å². The summed E-state index contributed by atoms with van der Waals surface area (Å²) in [4.78, 5) is 13.9. The molecule has 8 heteroatoms. The third-order valence-electron chi connectivity index (χ3n) is 4.22. The van der Waals surface area contributed by atoms with Gasteiger partial charge in [-0.3, -0.25) is 0 Å². The molecular formula is C18H35IN6S. The first kappa shape index (κ1) is 23.4. The maximum Gasteiger partial charge on any atom is 0.191 e. The minimum absolute atomic E-state index is 0. The standard InChI is InChI=1S/C18H34N6S.HI/c1-6-19-17(20-11-16-13-25-18(22-16)23(4)5)21-15-7-9-24(10-8-15)12-14(2)3;/h13-15H,6-12H2,1-5H3,(H2,19,20,21);1H. The summed E-state index contributed by atoms with van der Waals surface area (Å²) in [6.45, 7) is 11.7. The molecule has 1 aromatic rings. The maximum absolute atomic E-state index is 4.72. The fourth-order valence-corrected chi connectivity index (χ4v) is 3.77. The summed E-state index contributed by atoms with van der Waals surface area (Å²) in [5.74, 6) is 1.65. The number of hydrogen-bond donors (Lipinski definition) is 2. The molecule has 2 heterocycles. The Morgan fingerprint density at radius 2 is 2.08 bits per heavy atom. The third kappa shape index (κ3) is 7.96. The van der Waals surface area contributed by atoms with E-state index in [4.69, 9.17) is 4.99 Å². The lowest BCUT2D eigenvalue weighted by Crippen LogP contribution is -2.49. The minimum Gasteiger partial charge on any atom is -0.357 e. The molecule has 1 aliphatic rings. The summed E-state index contributed by atoms with van der Waals surface area (Å²) >= 11 is 1.66. The number of nitrogens with one attached hydrogen (secondary N) is 2. The Morgan fingerprint density at radius 3 is 2.62 bits per heavy atom. The van der Waals surface area contributed by atoms with Crippen LogP contribution in [-0.2, 0) is 6.54 Å². The molecule has 0 radical (unpaired) electrons. The van der Waals surface area contributed by atoms with Gasteiger partial charge in [0.25, 0.3) is 0 Å². The average molecular weight is 494 g/mol. The average Bonchev–Trinajstić information content (AvgIpc) is 3.03. The predicted molar refractivity (Wildman–Crippen MR) is 124 cm³/mol. The molecule has 0 aromatic carbocycles. The van der Waals surface area contributed by atoms with Gasteiger partial charge < -0.3 is 20.4 Å². The van der Waals surface area contributed by atoms with E-state index in [0.29, 0.717) is 12.6 Å². The molecule has 0 atom stereocenters. The third-order valence-corrected chi connectivity index (χ3v) is 5.27. The zero-order valence-electron chi connectivity index (χ0n) is 16.8. The molecule has 0 aliphatic carbocycles. The van der Waals surface area contributed by atoms with Crippen LogP contribution in [0.4, 0.5) is 5.13 Å². The molecule has 0 saturated carbocycles. The van der Waals surface area contributed by atoms with Crippen molar-refractivity contribution in [2.75, 3.05) is 45.2 Å². The Balaban J connectivity index is 0.00000338. The smallest absolute Gasteiger partial charge is 0.191 e. The normalized spacial score (nSPS) is 16.5. The summed E-state index contributed by atoms with van der Waals surface area (Å²) in [6.07, 6.45) is 2.36. The molecule has 0 spiro atoms. The van der Waals surface area contributed by atoms with Gasteiger partial charge in [-0.15, -0.1) is 35.3 Å². The molecular weight excluding hydrogens is 459 g/mol. The van der Waals surface area contributed by atoms with Crippen LogP contribution in [-0.4, -0.2) is 62.2 Å². The number of piperidine rings is 1. The van der Waals surface area contributed by atoms with Gasteiger partial charge in [-0.05, 0) is 25.7 Å². The van der Waals surface area contributed by atoms with Crippen LogP contribution in [0, 0.1) is 5.92 Å². The maximum atomic E-state index is 4.72. The fraction of sp³-hybridized carbons (Fsp3) is 0.778. The Kier molecular flexibility index (Phi) is 10.8. The van der Waals surface area contributed by atoms with Crippen molar-refractivity contribution in [1.29, 1.82) is 0 Å². The summed E-state index contributed by atoms with van der Waals surface area (Å²) in [6, 6.07) is 0.508. The van der Waals surface area contributed by atoms with Crippen molar-refractivity contribution in [3.8, 4) is 0 Å². The molecule has 1 aliphatic heterocycles. The quantitative estimate of drug-likeness (QED) is 0.347. The predicted octanol–water partition coefficient (Wildman–Crippen LogP) is 3.00. The number of nitrogens with zero attached hydrogens (tertiary/aromatic N) is 4. The molecule has 2 N–H and O–H groups in total. The zero-order chi connectivity index (χ0) is 18.2. The monoisotopic (exact) mass is 494 g/mol. The second-order valence-corrected chi connectivity index (χ2v) is 8.16. The summed E-state index contributed by atoms with van der Waals surface area (Å²) in [7, 11) is 4.03. The first-order valence-corrected chi connectivity index (χ1v) is 10.2. The van der Waals surface area contributed by atoms with Crippen molar-refractivity contribution in [2.45, 2.75) is 46.2 Å². The van der Waals surface area contributed by atoms with Gasteiger partial charge in [0.1, 0.15) is 0 Å². The van der Waals surface area contributed by atoms with Gasteiger partial charge >= 0.3 is 0 Å². The molecule has 1 saturated heterocycles. The van der Waals surface area contributed by atoms with Crippen molar-refractivity contribution in [3.63, 3.8) is 0 Å². The van der Waals surface area contributed by atoms with Gasteiger partial charge in [0.15, 0.2) is 11.1 Å². The summed E-state index contributed by atoms with van der Waals surface area (Å²) in [5.41, 5.74) is 1.03. The molecule has 1 aromatic heterocycles. The highest BCUT2D eigenvalue weighted by Crippen LogP contribution is 2.18. The van der Waals surface area contributed by atoms with E-state index in [0.717, 1.165) is 29.2 Å². The van der Waals surface area contributed by atoms with Crippen molar-refractivity contribution in [1.82, 2.24) is 20.5 Å². The molecule has 0 amide bonds. The number of halogens is 1. The second-order valence-electron chi connectivity index (χ2n) is 7.32. The van der Waals surface area contributed by atoms with E-state index in [2.05, 4.69) is 46.7 Å². The van der Waals surface area contributed by atoms with E-state index in [1.807, 2.05) is 19.0 Å². The van der Waals surface area contributed by atoms with Gasteiger partial charge in [-0.1, -0.05) is 13.8 Å². The first-order chi connectivity index (χ1) is 12.0. The number of guanidine groups is 1. The molecule has 150 valence electrons. The van der Waals surface area contributed by atoms with Gasteiger partial charge in [0.2, 0.25) is 0 Å². The lowest BCUT2D eigenvalue weighted by molar-refractivity contribution is 0.187. The topological polar surface area (TPSA) is 55.8 Å². The van der Waals surface area contributed by atoms with E-state index in [1.54, 1.807) is 11.3 Å². The van der Waals surface area contributed by atoms with Crippen LogP contribution in [0.1, 0.15) is 39.3 Å². The lowest BCUT2D eigenvalue weighted by atomic mass is 10.0. The number of aromatic nitrogens is 1. The van der Waals surface area contributed by atoms with Gasteiger partial charge in [0.05, 0.1) is 12.2 Å². The van der Waals surface area contributed by atoms with Gasteiger partial charge in [-0.2, -0.15) is 0 Å².